The molecular formula is C25H19N7O5S. The predicted molar refractivity (Wildman–Crippen MR) is 144 cm³/mol. The summed E-state index contributed by atoms with van der Waals surface area (Å²) < 4.78 is 5.24. The number of hydrogen-bond donors (Lipinski definition) is 2. The van der Waals surface area contributed by atoms with Crippen molar-refractivity contribution >= 4 is 39.5 Å². The van der Waals surface area contributed by atoms with Crippen LogP contribution in [0, 0.1) is 10.1 Å². The van der Waals surface area contributed by atoms with Gasteiger partial charge in [-0.1, -0.05) is 58.9 Å². The minimum atomic E-state index is -1.32. The molecule has 0 unspecified atom stereocenters. The fraction of sp³-hybridized carbons (Fsp3) is 0.0800. The summed E-state index contributed by atoms with van der Waals surface area (Å²) in [6, 6.07) is 20.1. The molecule has 1 aromatic heterocycles. The van der Waals surface area contributed by atoms with Crippen LogP contribution in [-0.4, -0.2) is 33.8 Å². The van der Waals surface area contributed by atoms with Crippen LogP contribution in [0.5, 0.6) is 5.75 Å². The molecule has 190 valence electrons. The van der Waals surface area contributed by atoms with Crippen molar-refractivity contribution in [2.24, 2.45) is 10.2 Å². The van der Waals surface area contributed by atoms with Crippen LogP contribution in [0.25, 0.3) is 32.1 Å². The van der Waals surface area contributed by atoms with Crippen molar-refractivity contribution in [3.05, 3.63) is 98.9 Å². The SMILES string of the molecule is COc1ccc(-c2nc(N/N=C(\Cc3ccccc3[N+](=O)[O-])C(=O)O)sc2-c2ccc(N=[N+]=[N-])cc2)cc1. The van der Waals surface area contributed by atoms with Gasteiger partial charge >= 0.3 is 5.97 Å². The van der Waals surface area contributed by atoms with Gasteiger partial charge in [-0.15, -0.1) is 0 Å². The maximum Gasteiger partial charge on any atom is 0.352 e. The lowest BCUT2D eigenvalue weighted by Crippen LogP contribution is -2.18. The summed E-state index contributed by atoms with van der Waals surface area (Å²) in [5.41, 5.74) is 13.7. The predicted octanol–water partition coefficient (Wildman–Crippen LogP) is 6.43. The second kappa shape index (κ2) is 11.6. The first-order chi connectivity index (χ1) is 18.4. The van der Waals surface area contributed by atoms with Gasteiger partial charge in [-0.2, -0.15) is 5.10 Å². The maximum absolute atomic E-state index is 11.9. The fourth-order valence-electron chi connectivity index (χ4n) is 3.54. The number of aliphatic carboxylic acids is 1. The number of azide groups is 1. The van der Waals surface area contributed by atoms with Crippen molar-refractivity contribution in [2.75, 3.05) is 12.5 Å². The molecule has 0 fully saturated rings. The summed E-state index contributed by atoms with van der Waals surface area (Å²) in [6.45, 7) is 0. The van der Waals surface area contributed by atoms with Crippen molar-refractivity contribution in [3.63, 3.8) is 0 Å². The number of methoxy groups -OCH3 is 1. The van der Waals surface area contributed by atoms with Crippen molar-refractivity contribution in [1.82, 2.24) is 4.98 Å². The minimum Gasteiger partial charge on any atom is -0.497 e. The highest BCUT2D eigenvalue weighted by atomic mass is 32.1. The van der Waals surface area contributed by atoms with E-state index in [9.17, 15) is 20.0 Å². The number of hydrazone groups is 1. The van der Waals surface area contributed by atoms with Crippen LogP contribution in [0.2, 0.25) is 0 Å². The number of rotatable bonds is 10. The lowest BCUT2D eigenvalue weighted by molar-refractivity contribution is -0.385. The average Bonchev–Trinajstić information content (AvgIpc) is 3.36. The zero-order valence-electron chi connectivity index (χ0n) is 19.8. The van der Waals surface area contributed by atoms with E-state index in [1.807, 2.05) is 12.1 Å². The van der Waals surface area contributed by atoms with Gasteiger partial charge in [0, 0.05) is 34.2 Å². The van der Waals surface area contributed by atoms with Crippen LogP contribution in [0.4, 0.5) is 16.5 Å². The summed E-state index contributed by atoms with van der Waals surface area (Å²) in [7, 11) is 1.57. The van der Waals surface area contributed by atoms with Crippen molar-refractivity contribution in [1.29, 1.82) is 0 Å². The molecule has 0 radical (unpaired) electrons. The molecule has 0 bridgehead atoms. The molecule has 0 saturated heterocycles. The lowest BCUT2D eigenvalue weighted by Gasteiger charge is -2.05. The molecule has 3 aromatic carbocycles. The second-order valence-corrected chi connectivity index (χ2v) is 8.70. The Morgan fingerprint density at radius 3 is 2.45 bits per heavy atom. The smallest absolute Gasteiger partial charge is 0.352 e. The molecular weight excluding hydrogens is 510 g/mol. The van der Waals surface area contributed by atoms with E-state index < -0.39 is 10.9 Å². The van der Waals surface area contributed by atoms with E-state index in [4.69, 9.17) is 10.3 Å². The molecule has 0 saturated carbocycles. The molecule has 12 nitrogen and oxygen atoms in total. The number of aromatic nitrogens is 1. The first kappa shape index (κ1) is 25.8. The topological polar surface area (TPSA) is 176 Å². The second-order valence-electron chi connectivity index (χ2n) is 7.70. The normalized spacial score (nSPS) is 10.9. The number of carboxylic acid groups (broad SMARTS) is 1. The standard InChI is InChI=1S/C25H19N7O5S/c1-37-19-12-8-15(9-13-19)22-23(16-6-10-18(11-7-16)28-31-26)38-25(27-22)30-29-20(24(33)34)14-17-4-2-3-5-21(17)32(35)36/h2-13H,14H2,1H3,(H,27,30)(H,33,34)/b29-20+. The van der Waals surface area contributed by atoms with Crippen LogP contribution in [0.1, 0.15) is 5.56 Å². The Hall–Kier alpha value is -5.26. The molecule has 1 heterocycles. The Bertz CT molecular complexity index is 1560. The summed E-state index contributed by atoms with van der Waals surface area (Å²) in [6.07, 6.45) is -0.260. The van der Waals surface area contributed by atoms with Crippen LogP contribution in [-0.2, 0) is 11.2 Å². The summed E-state index contributed by atoms with van der Waals surface area (Å²) in [5.74, 6) is -0.648. The van der Waals surface area contributed by atoms with Crippen LogP contribution in [0.15, 0.2) is 83.0 Å². The molecule has 4 aromatic rings. The Morgan fingerprint density at radius 2 is 1.82 bits per heavy atom. The van der Waals surface area contributed by atoms with E-state index in [1.165, 1.54) is 29.5 Å². The van der Waals surface area contributed by atoms with Crippen molar-refractivity contribution < 1.29 is 19.6 Å². The molecule has 0 aliphatic carbocycles. The molecule has 13 heteroatoms. The average molecular weight is 530 g/mol. The molecule has 0 aliphatic rings. The lowest BCUT2D eigenvalue weighted by atomic mass is 10.1. The highest BCUT2D eigenvalue weighted by molar-refractivity contribution is 7.19. The number of para-hydroxylation sites is 1. The first-order valence-electron chi connectivity index (χ1n) is 11.0. The largest absolute Gasteiger partial charge is 0.497 e. The molecule has 0 aliphatic heterocycles. The maximum atomic E-state index is 11.9. The van der Waals surface area contributed by atoms with Gasteiger partial charge < -0.3 is 9.84 Å². The number of anilines is 1. The third-order valence-electron chi connectivity index (χ3n) is 5.36. The summed E-state index contributed by atoms with van der Waals surface area (Å²) >= 11 is 1.24. The number of carboxylic acids is 1. The number of carbonyl (C=O) groups is 1. The van der Waals surface area contributed by atoms with Gasteiger partial charge in [-0.25, -0.2) is 9.78 Å². The van der Waals surface area contributed by atoms with Gasteiger partial charge in [-0.05, 0) is 35.4 Å². The number of thiazole rings is 1. The van der Waals surface area contributed by atoms with E-state index in [0.29, 0.717) is 22.3 Å². The number of hydrogen-bond acceptors (Lipinski definition) is 9. The molecule has 4 rings (SSSR count). The number of benzene rings is 3. The molecule has 0 atom stereocenters. The quantitative estimate of drug-likeness (QED) is 0.0593. The molecule has 0 amide bonds. The molecule has 0 spiro atoms. The zero-order chi connectivity index (χ0) is 27.1. The Labute approximate surface area is 219 Å². The van der Waals surface area contributed by atoms with E-state index in [2.05, 4.69) is 25.5 Å². The molecule has 38 heavy (non-hydrogen) atoms. The van der Waals surface area contributed by atoms with Crippen LogP contribution >= 0.6 is 11.3 Å². The van der Waals surface area contributed by atoms with E-state index in [-0.39, 0.29) is 23.4 Å². The van der Waals surface area contributed by atoms with Gasteiger partial charge in [0.15, 0.2) is 0 Å². The van der Waals surface area contributed by atoms with Gasteiger partial charge in [-0.3, -0.25) is 15.5 Å². The van der Waals surface area contributed by atoms with Gasteiger partial charge in [0.1, 0.15) is 11.5 Å². The third-order valence-corrected chi connectivity index (χ3v) is 6.37. The van der Waals surface area contributed by atoms with Gasteiger partial charge in [0.2, 0.25) is 5.13 Å². The Morgan fingerprint density at radius 1 is 1.13 bits per heavy atom. The summed E-state index contributed by atoms with van der Waals surface area (Å²) in [5, 5.41) is 28.9. The third kappa shape index (κ3) is 5.93. The van der Waals surface area contributed by atoms with Crippen molar-refractivity contribution in [2.45, 2.75) is 6.42 Å². The van der Waals surface area contributed by atoms with E-state index in [0.717, 1.165) is 16.0 Å². The highest BCUT2D eigenvalue weighted by Crippen LogP contribution is 2.40. The fourth-order valence-corrected chi connectivity index (χ4v) is 4.47. The van der Waals surface area contributed by atoms with Gasteiger partial charge in [0.05, 0.1) is 22.6 Å². The number of nitro benzene ring substituents is 1. The molecule has 2 N–H and O–H groups in total. The number of ether oxygens (including phenoxy) is 1. The first-order valence-corrected chi connectivity index (χ1v) is 11.8. The minimum absolute atomic E-state index is 0.191. The zero-order valence-corrected chi connectivity index (χ0v) is 20.6. The number of nitrogens with one attached hydrogen (secondary N) is 1. The monoisotopic (exact) mass is 529 g/mol. The van der Waals surface area contributed by atoms with Crippen molar-refractivity contribution in [3.8, 4) is 27.4 Å². The van der Waals surface area contributed by atoms with E-state index in [1.54, 1.807) is 49.6 Å². The van der Waals surface area contributed by atoms with Gasteiger partial charge in [0.25, 0.3) is 5.69 Å². The number of nitro groups is 1. The highest BCUT2D eigenvalue weighted by Gasteiger charge is 2.20. The Kier molecular flexibility index (Phi) is 7.92. The van der Waals surface area contributed by atoms with Crippen LogP contribution < -0.4 is 10.2 Å². The van der Waals surface area contributed by atoms with E-state index >= 15 is 0 Å². The Balaban J connectivity index is 1.70. The summed E-state index contributed by atoms with van der Waals surface area (Å²) in [4.78, 5) is 30.8. The van der Waals surface area contributed by atoms with Crippen LogP contribution in [0.3, 0.4) is 0 Å². The number of nitrogens with zero attached hydrogens (tertiary/aromatic N) is 6.